The fraction of sp³-hybridized carbons (Fsp3) is 0.0769. The highest BCUT2D eigenvalue weighted by atomic mass is 32.2. The first-order valence-electron chi connectivity index (χ1n) is 11.4. The van der Waals surface area contributed by atoms with Gasteiger partial charge in [0.05, 0.1) is 23.8 Å². The maximum atomic E-state index is 14.5. The molecular formula is C26H20FN7O3S. The van der Waals surface area contributed by atoms with Crippen molar-refractivity contribution >= 4 is 32.1 Å². The smallest absolute Gasteiger partial charge is 0.209 e. The van der Waals surface area contributed by atoms with Crippen LogP contribution in [0.3, 0.4) is 0 Å². The summed E-state index contributed by atoms with van der Waals surface area (Å²) in [5.74, 6) is -0.426. The molecule has 0 fully saturated rings. The Morgan fingerprint density at radius 3 is 2.63 bits per heavy atom. The summed E-state index contributed by atoms with van der Waals surface area (Å²) in [6, 6.07) is 11.6. The van der Waals surface area contributed by atoms with Gasteiger partial charge in [-0.05, 0) is 59.2 Å². The molecule has 5 heterocycles. The highest BCUT2D eigenvalue weighted by Crippen LogP contribution is 2.34. The van der Waals surface area contributed by atoms with Gasteiger partial charge in [0.2, 0.25) is 10.0 Å². The number of hydrogen-bond donors (Lipinski definition) is 4. The number of benzene rings is 1. The normalized spacial score (nSPS) is 11.9. The molecule has 6 aromatic rings. The van der Waals surface area contributed by atoms with Gasteiger partial charge in [0.1, 0.15) is 17.2 Å². The second-order valence-corrected chi connectivity index (χ2v) is 10.7. The molecule has 0 atom stereocenters. The van der Waals surface area contributed by atoms with Crippen molar-refractivity contribution in [1.29, 1.82) is 0 Å². The number of fused-ring (bicyclic) bond motifs is 2. The van der Waals surface area contributed by atoms with Crippen molar-refractivity contribution in [2.24, 2.45) is 0 Å². The lowest BCUT2D eigenvalue weighted by Crippen LogP contribution is -2.21. The van der Waals surface area contributed by atoms with Crippen LogP contribution in [0.4, 0.5) is 4.39 Å². The Morgan fingerprint density at radius 1 is 0.974 bits per heavy atom. The Bertz CT molecular complexity index is 1950. The van der Waals surface area contributed by atoms with Crippen LogP contribution in [-0.4, -0.2) is 49.9 Å². The largest absolute Gasteiger partial charge is 0.506 e. The van der Waals surface area contributed by atoms with Gasteiger partial charge in [-0.1, -0.05) is 0 Å². The molecule has 0 bridgehead atoms. The monoisotopic (exact) mass is 529 g/mol. The molecule has 190 valence electrons. The van der Waals surface area contributed by atoms with E-state index in [4.69, 9.17) is 0 Å². The van der Waals surface area contributed by atoms with Crippen LogP contribution >= 0.6 is 0 Å². The Balaban J connectivity index is 1.43. The molecule has 6 rings (SSSR count). The van der Waals surface area contributed by atoms with Gasteiger partial charge in [-0.15, -0.1) is 0 Å². The third-order valence-corrected chi connectivity index (χ3v) is 6.74. The van der Waals surface area contributed by atoms with Gasteiger partial charge in [-0.25, -0.2) is 27.5 Å². The summed E-state index contributed by atoms with van der Waals surface area (Å²) < 4.78 is 39.9. The van der Waals surface area contributed by atoms with E-state index in [-0.39, 0.29) is 12.3 Å². The van der Waals surface area contributed by atoms with Gasteiger partial charge in [-0.2, -0.15) is 5.10 Å². The van der Waals surface area contributed by atoms with Gasteiger partial charge in [0, 0.05) is 47.0 Å². The van der Waals surface area contributed by atoms with E-state index in [1.54, 1.807) is 36.8 Å². The Labute approximate surface area is 215 Å². The number of aromatic hydroxyl groups is 1. The summed E-state index contributed by atoms with van der Waals surface area (Å²) in [6.45, 7) is -0.0274. The Hall–Kier alpha value is -4.68. The average Bonchev–Trinajstić information content (AvgIpc) is 3.50. The zero-order chi connectivity index (χ0) is 26.4. The second kappa shape index (κ2) is 9.01. The minimum atomic E-state index is -3.43. The van der Waals surface area contributed by atoms with Crippen LogP contribution in [0.2, 0.25) is 0 Å². The van der Waals surface area contributed by atoms with Crippen molar-refractivity contribution in [3.63, 3.8) is 0 Å². The quantitative estimate of drug-likeness (QED) is 0.253. The van der Waals surface area contributed by atoms with E-state index in [1.807, 2.05) is 12.1 Å². The summed E-state index contributed by atoms with van der Waals surface area (Å²) in [4.78, 5) is 16.2. The van der Waals surface area contributed by atoms with Crippen molar-refractivity contribution in [2.45, 2.75) is 6.54 Å². The number of pyridine rings is 3. The molecule has 0 unspecified atom stereocenters. The SMILES string of the molecule is CS(=O)(=O)NCc1cc(F)cc(-c2ccnc3[nH]c(-c4[nH]nc5ncc(-c6cncc(O)c6)cc45)cc23)c1. The van der Waals surface area contributed by atoms with Crippen LogP contribution in [0.25, 0.3) is 55.7 Å². The molecule has 0 radical (unpaired) electrons. The highest BCUT2D eigenvalue weighted by molar-refractivity contribution is 7.88. The third kappa shape index (κ3) is 4.58. The molecule has 38 heavy (non-hydrogen) atoms. The standard InChI is InChI=1S/C26H20FN7O3S/c1-38(36,37)31-10-14-4-15(6-18(27)5-14)20-2-3-29-25-21(20)9-23(32-25)24-22-8-17(12-30-26(22)34-33-24)16-7-19(35)13-28-11-16/h2-9,11-13,31,35H,10H2,1H3,(H,29,32)(H,30,33,34). The van der Waals surface area contributed by atoms with E-state index in [0.29, 0.717) is 39.4 Å². The van der Waals surface area contributed by atoms with Crippen molar-refractivity contribution < 1.29 is 17.9 Å². The fourth-order valence-electron chi connectivity index (χ4n) is 4.38. The first-order valence-corrected chi connectivity index (χ1v) is 13.3. The first-order chi connectivity index (χ1) is 18.2. The van der Waals surface area contributed by atoms with E-state index in [0.717, 1.165) is 28.2 Å². The predicted molar refractivity (Wildman–Crippen MR) is 141 cm³/mol. The van der Waals surface area contributed by atoms with Crippen LogP contribution in [0, 0.1) is 5.82 Å². The first kappa shape index (κ1) is 23.7. The summed E-state index contributed by atoms with van der Waals surface area (Å²) in [5.41, 5.74) is 5.75. The van der Waals surface area contributed by atoms with Crippen LogP contribution in [0.1, 0.15) is 5.56 Å². The number of sulfonamides is 1. The van der Waals surface area contributed by atoms with Gasteiger partial charge >= 0.3 is 0 Å². The molecule has 12 heteroatoms. The lowest BCUT2D eigenvalue weighted by Gasteiger charge is -2.08. The van der Waals surface area contributed by atoms with Crippen LogP contribution in [-0.2, 0) is 16.6 Å². The topological polar surface area (TPSA) is 150 Å². The van der Waals surface area contributed by atoms with Gasteiger partial charge in [0.15, 0.2) is 5.65 Å². The molecule has 1 aromatic carbocycles. The number of aromatic nitrogens is 6. The molecular weight excluding hydrogens is 509 g/mol. The average molecular weight is 530 g/mol. The lowest BCUT2D eigenvalue weighted by atomic mass is 10.0. The molecule has 0 saturated carbocycles. The van der Waals surface area contributed by atoms with Crippen LogP contribution in [0.5, 0.6) is 5.75 Å². The number of H-pyrrole nitrogens is 2. The van der Waals surface area contributed by atoms with Crippen molar-refractivity contribution in [3.8, 4) is 39.4 Å². The number of rotatable bonds is 6. The van der Waals surface area contributed by atoms with Gasteiger partial charge < -0.3 is 10.1 Å². The van der Waals surface area contributed by atoms with Crippen molar-refractivity contribution in [2.75, 3.05) is 6.26 Å². The van der Waals surface area contributed by atoms with Crippen molar-refractivity contribution in [3.05, 3.63) is 78.6 Å². The number of hydrogen-bond acceptors (Lipinski definition) is 7. The predicted octanol–water partition coefficient (Wildman–Crippen LogP) is 4.12. The Kier molecular flexibility index (Phi) is 5.62. The van der Waals surface area contributed by atoms with Gasteiger partial charge in [0.25, 0.3) is 0 Å². The fourth-order valence-corrected chi connectivity index (χ4v) is 4.81. The molecule has 0 amide bonds. The molecule has 4 N–H and O–H groups in total. The molecule has 0 saturated heterocycles. The highest BCUT2D eigenvalue weighted by Gasteiger charge is 2.16. The maximum absolute atomic E-state index is 14.5. The van der Waals surface area contributed by atoms with Crippen molar-refractivity contribution in [1.82, 2.24) is 34.9 Å². The molecule has 0 aliphatic carbocycles. The minimum Gasteiger partial charge on any atom is -0.506 e. The number of nitrogens with one attached hydrogen (secondary N) is 3. The molecule has 0 spiro atoms. The molecule has 5 aromatic heterocycles. The summed E-state index contributed by atoms with van der Waals surface area (Å²) >= 11 is 0. The van der Waals surface area contributed by atoms with Crippen LogP contribution in [0.15, 0.2) is 67.3 Å². The maximum Gasteiger partial charge on any atom is 0.209 e. The van der Waals surface area contributed by atoms with Crippen LogP contribution < -0.4 is 4.72 Å². The van der Waals surface area contributed by atoms with E-state index < -0.39 is 15.8 Å². The van der Waals surface area contributed by atoms with E-state index in [1.165, 1.54) is 18.3 Å². The summed E-state index contributed by atoms with van der Waals surface area (Å²) in [7, 11) is -3.43. The Morgan fingerprint density at radius 2 is 1.82 bits per heavy atom. The summed E-state index contributed by atoms with van der Waals surface area (Å²) in [5, 5.41) is 18.7. The minimum absolute atomic E-state index is 0.0274. The van der Waals surface area contributed by atoms with E-state index in [9.17, 15) is 17.9 Å². The molecule has 0 aliphatic rings. The number of nitrogens with zero attached hydrogens (tertiary/aromatic N) is 4. The van der Waals surface area contributed by atoms with E-state index in [2.05, 4.69) is 34.9 Å². The molecule has 0 aliphatic heterocycles. The zero-order valence-electron chi connectivity index (χ0n) is 19.9. The number of aromatic amines is 2. The second-order valence-electron chi connectivity index (χ2n) is 8.87. The summed E-state index contributed by atoms with van der Waals surface area (Å²) in [6.07, 6.45) is 7.34. The number of halogens is 1. The van der Waals surface area contributed by atoms with E-state index >= 15 is 0 Å². The van der Waals surface area contributed by atoms with Gasteiger partial charge in [-0.3, -0.25) is 10.1 Å². The molecule has 10 nitrogen and oxygen atoms in total. The zero-order valence-corrected chi connectivity index (χ0v) is 20.7. The lowest BCUT2D eigenvalue weighted by molar-refractivity contribution is 0.473. The third-order valence-electron chi connectivity index (χ3n) is 6.08.